The summed E-state index contributed by atoms with van der Waals surface area (Å²) < 4.78 is 0. The van der Waals surface area contributed by atoms with E-state index in [2.05, 4.69) is 15.4 Å². The van der Waals surface area contributed by atoms with Crippen molar-refractivity contribution in [2.45, 2.75) is 0 Å². The third-order valence-corrected chi connectivity index (χ3v) is 2.95. The third-order valence-electron chi connectivity index (χ3n) is 2.95. The Hall–Kier alpha value is -2.40. The zero-order valence-electron chi connectivity index (χ0n) is 10.8. The predicted molar refractivity (Wildman–Crippen MR) is 74.8 cm³/mol. The maximum atomic E-state index is 11.9. The van der Waals surface area contributed by atoms with Gasteiger partial charge in [-0.15, -0.1) is 0 Å². The molecule has 5 heteroatoms. The number of aromatic nitrogens is 2. The molecule has 1 amide bonds. The van der Waals surface area contributed by atoms with Crippen LogP contribution < -0.4 is 5.43 Å². The monoisotopic (exact) mass is 254 g/mol. The fraction of sp³-hybridized carbons (Fsp3) is 0.143. The van der Waals surface area contributed by atoms with Crippen molar-refractivity contribution >= 4 is 27.7 Å². The van der Waals surface area contributed by atoms with Crippen LogP contribution in [0.3, 0.4) is 0 Å². The van der Waals surface area contributed by atoms with Crippen molar-refractivity contribution in [3.63, 3.8) is 0 Å². The van der Waals surface area contributed by atoms with E-state index in [4.69, 9.17) is 0 Å². The number of carbonyl (C=O) groups excluding carboxylic acids is 1. The molecule has 0 aliphatic carbocycles. The summed E-state index contributed by atoms with van der Waals surface area (Å²) in [5.74, 6) is -0.211. The van der Waals surface area contributed by atoms with E-state index in [1.54, 1.807) is 25.3 Å². The van der Waals surface area contributed by atoms with Crippen molar-refractivity contribution in [3.05, 3.63) is 42.2 Å². The number of nitrogens with one attached hydrogen (secondary N) is 2. The van der Waals surface area contributed by atoms with Gasteiger partial charge in [-0.05, 0) is 12.1 Å². The minimum Gasteiger partial charge on any atom is -0.353 e. The number of para-hydroxylation sites is 1. The van der Waals surface area contributed by atoms with Crippen LogP contribution in [0.25, 0.3) is 21.8 Å². The van der Waals surface area contributed by atoms with Crippen LogP contribution in [-0.4, -0.2) is 35.0 Å². The Kier molecular flexibility index (Phi) is 2.68. The maximum absolute atomic E-state index is 11.9. The van der Waals surface area contributed by atoms with E-state index in [0.29, 0.717) is 5.69 Å². The number of hydrazine groups is 1. The topological polar surface area (TPSA) is 61.0 Å². The minimum atomic E-state index is -0.211. The Balaban J connectivity index is 2.14. The third kappa shape index (κ3) is 2.04. The minimum absolute atomic E-state index is 0.211. The molecule has 0 atom stereocenters. The Bertz CT molecular complexity index is 760. The molecule has 0 unspecified atom stereocenters. The van der Waals surface area contributed by atoms with Gasteiger partial charge in [0.15, 0.2) is 0 Å². The Morgan fingerprint density at radius 3 is 2.79 bits per heavy atom. The first-order chi connectivity index (χ1) is 9.15. The van der Waals surface area contributed by atoms with Gasteiger partial charge >= 0.3 is 0 Å². The number of H-pyrrole nitrogens is 1. The molecule has 0 bridgehead atoms. The lowest BCUT2D eigenvalue weighted by Crippen LogP contribution is -2.36. The average molecular weight is 254 g/mol. The van der Waals surface area contributed by atoms with Gasteiger partial charge in [0.05, 0.1) is 11.7 Å². The Labute approximate surface area is 110 Å². The van der Waals surface area contributed by atoms with Gasteiger partial charge in [0.25, 0.3) is 5.91 Å². The van der Waals surface area contributed by atoms with Gasteiger partial charge in [-0.2, -0.15) is 0 Å². The maximum Gasteiger partial charge on any atom is 0.284 e. The smallest absolute Gasteiger partial charge is 0.284 e. The first kappa shape index (κ1) is 11.7. The zero-order chi connectivity index (χ0) is 13.4. The summed E-state index contributed by atoms with van der Waals surface area (Å²) in [6.45, 7) is 0. The molecule has 3 rings (SSSR count). The van der Waals surface area contributed by atoms with Crippen molar-refractivity contribution in [2.24, 2.45) is 0 Å². The number of pyridine rings is 1. The number of fused-ring (bicyclic) bond motifs is 3. The molecule has 19 heavy (non-hydrogen) atoms. The van der Waals surface area contributed by atoms with Crippen molar-refractivity contribution in [2.75, 3.05) is 14.1 Å². The summed E-state index contributed by atoms with van der Waals surface area (Å²) in [6.07, 6.45) is 1.69. The van der Waals surface area contributed by atoms with Gasteiger partial charge < -0.3 is 4.98 Å². The molecule has 2 heterocycles. The molecule has 0 fully saturated rings. The molecular weight excluding hydrogens is 240 g/mol. The van der Waals surface area contributed by atoms with E-state index in [-0.39, 0.29) is 5.91 Å². The highest BCUT2D eigenvalue weighted by Gasteiger charge is 2.11. The van der Waals surface area contributed by atoms with Crippen molar-refractivity contribution < 1.29 is 4.79 Å². The predicted octanol–water partition coefficient (Wildman–Crippen LogP) is 1.92. The molecule has 0 spiro atoms. The second-order valence-corrected chi connectivity index (χ2v) is 4.62. The van der Waals surface area contributed by atoms with E-state index in [1.807, 2.05) is 30.3 Å². The molecule has 5 nitrogen and oxygen atoms in total. The summed E-state index contributed by atoms with van der Waals surface area (Å²) >= 11 is 0. The highest BCUT2D eigenvalue weighted by atomic mass is 16.2. The summed E-state index contributed by atoms with van der Waals surface area (Å²) in [7, 11) is 3.53. The molecule has 3 aromatic rings. The van der Waals surface area contributed by atoms with Gasteiger partial charge in [0.2, 0.25) is 0 Å². The van der Waals surface area contributed by atoms with E-state index in [9.17, 15) is 4.79 Å². The van der Waals surface area contributed by atoms with E-state index in [0.717, 1.165) is 21.8 Å². The number of amides is 1. The van der Waals surface area contributed by atoms with Crippen LogP contribution in [0.15, 0.2) is 36.5 Å². The van der Waals surface area contributed by atoms with Gasteiger partial charge in [-0.1, -0.05) is 18.2 Å². The molecule has 0 saturated heterocycles. The quantitative estimate of drug-likeness (QED) is 0.687. The lowest BCUT2D eigenvalue weighted by molar-refractivity contribution is 0.0852. The molecule has 96 valence electrons. The lowest BCUT2D eigenvalue weighted by atomic mass is 10.1. The molecule has 0 radical (unpaired) electrons. The van der Waals surface area contributed by atoms with Crippen LogP contribution in [0, 0.1) is 0 Å². The average Bonchev–Trinajstić information content (AvgIpc) is 2.75. The second kappa shape index (κ2) is 4.37. The van der Waals surface area contributed by atoms with Crippen LogP contribution in [0.2, 0.25) is 0 Å². The van der Waals surface area contributed by atoms with Gasteiger partial charge in [0.1, 0.15) is 5.69 Å². The normalized spacial score (nSPS) is 11.3. The van der Waals surface area contributed by atoms with Gasteiger partial charge in [-0.25, -0.2) is 9.99 Å². The van der Waals surface area contributed by atoms with Crippen LogP contribution >= 0.6 is 0 Å². The van der Waals surface area contributed by atoms with Crippen LogP contribution in [0.5, 0.6) is 0 Å². The SMILES string of the molecule is CN(C)NC(=O)c1cc2c(cn1)[nH]c1ccccc12. The van der Waals surface area contributed by atoms with Crippen LogP contribution in [0.4, 0.5) is 0 Å². The molecule has 0 saturated carbocycles. The molecular formula is C14H14N4O. The number of hydrogen-bond acceptors (Lipinski definition) is 3. The molecule has 0 aliphatic heterocycles. The van der Waals surface area contributed by atoms with Crippen molar-refractivity contribution in [1.29, 1.82) is 0 Å². The molecule has 2 aromatic heterocycles. The van der Waals surface area contributed by atoms with E-state index in [1.165, 1.54) is 0 Å². The summed E-state index contributed by atoms with van der Waals surface area (Å²) in [5.41, 5.74) is 5.07. The summed E-state index contributed by atoms with van der Waals surface area (Å²) in [6, 6.07) is 9.81. The largest absolute Gasteiger partial charge is 0.353 e. The van der Waals surface area contributed by atoms with E-state index >= 15 is 0 Å². The number of hydrogen-bond donors (Lipinski definition) is 2. The van der Waals surface area contributed by atoms with Crippen LogP contribution in [0.1, 0.15) is 10.5 Å². The number of benzene rings is 1. The molecule has 0 aliphatic rings. The Morgan fingerprint density at radius 1 is 1.21 bits per heavy atom. The van der Waals surface area contributed by atoms with Gasteiger partial charge in [0, 0.05) is 30.4 Å². The number of carbonyl (C=O) groups is 1. The first-order valence-corrected chi connectivity index (χ1v) is 6.00. The number of nitrogens with zero attached hydrogens (tertiary/aromatic N) is 2. The number of aromatic amines is 1. The molecule has 1 aromatic carbocycles. The molecule has 2 N–H and O–H groups in total. The summed E-state index contributed by atoms with van der Waals surface area (Å²) in [5, 5.41) is 3.71. The lowest BCUT2D eigenvalue weighted by Gasteiger charge is -2.10. The number of rotatable bonds is 2. The second-order valence-electron chi connectivity index (χ2n) is 4.62. The van der Waals surface area contributed by atoms with Gasteiger partial charge in [-0.3, -0.25) is 10.2 Å². The first-order valence-electron chi connectivity index (χ1n) is 6.00. The van der Waals surface area contributed by atoms with Crippen LogP contribution in [-0.2, 0) is 0 Å². The summed E-state index contributed by atoms with van der Waals surface area (Å²) in [4.78, 5) is 19.4. The van der Waals surface area contributed by atoms with Crippen molar-refractivity contribution in [1.82, 2.24) is 20.4 Å². The highest BCUT2D eigenvalue weighted by Crippen LogP contribution is 2.24. The standard InChI is InChI=1S/C14H14N4O/c1-18(2)17-14(19)12-7-10-9-5-3-4-6-11(9)16-13(10)8-15-12/h3-8,16H,1-2H3,(H,17,19). The fourth-order valence-electron chi connectivity index (χ4n) is 2.13. The fourth-order valence-corrected chi connectivity index (χ4v) is 2.13. The van der Waals surface area contributed by atoms with Crippen molar-refractivity contribution in [3.8, 4) is 0 Å². The zero-order valence-corrected chi connectivity index (χ0v) is 10.8. The van der Waals surface area contributed by atoms with E-state index < -0.39 is 0 Å². The Morgan fingerprint density at radius 2 is 2.00 bits per heavy atom. The highest BCUT2D eigenvalue weighted by molar-refractivity contribution is 6.09.